The molecule has 0 aliphatic carbocycles. The average molecular weight is 331 g/mol. The SMILES string of the molecule is CC(C)c1ccc2c(n1)CCN(C(=O)C1CCN(CCO)CC1)C2. The third-order valence-electron chi connectivity index (χ3n) is 5.33. The number of aromatic nitrogens is 1. The second kappa shape index (κ2) is 7.62. The van der Waals surface area contributed by atoms with Crippen LogP contribution >= 0.6 is 0 Å². The quantitative estimate of drug-likeness (QED) is 0.914. The number of likely N-dealkylation sites (tertiary alicyclic amines) is 1. The molecule has 5 nitrogen and oxygen atoms in total. The van der Waals surface area contributed by atoms with Crippen LogP contribution in [0.25, 0.3) is 0 Å². The molecule has 3 rings (SSSR count). The molecular weight excluding hydrogens is 302 g/mol. The summed E-state index contributed by atoms with van der Waals surface area (Å²) in [4.78, 5) is 21.9. The predicted molar refractivity (Wildman–Crippen MR) is 93.7 cm³/mol. The van der Waals surface area contributed by atoms with Gasteiger partial charge in [0.2, 0.25) is 5.91 Å². The van der Waals surface area contributed by atoms with Crippen molar-refractivity contribution < 1.29 is 9.90 Å². The van der Waals surface area contributed by atoms with E-state index < -0.39 is 0 Å². The van der Waals surface area contributed by atoms with Crippen LogP contribution in [-0.4, -0.2) is 58.6 Å². The number of amides is 1. The minimum atomic E-state index is 0.143. The fraction of sp³-hybridized carbons (Fsp3) is 0.684. The fourth-order valence-electron chi connectivity index (χ4n) is 3.75. The monoisotopic (exact) mass is 331 g/mol. The van der Waals surface area contributed by atoms with Crippen LogP contribution in [0, 0.1) is 5.92 Å². The van der Waals surface area contributed by atoms with Crippen molar-refractivity contribution in [2.45, 2.75) is 45.6 Å². The lowest BCUT2D eigenvalue weighted by Gasteiger charge is -2.35. The molecule has 1 aromatic rings. The van der Waals surface area contributed by atoms with E-state index in [1.54, 1.807) is 0 Å². The van der Waals surface area contributed by atoms with Crippen molar-refractivity contribution in [3.05, 3.63) is 29.1 Å². The minimum Gasteiger partial charge on any atom is -0.395 e. The van der Waals surface area contributed by atoms with Crippen LogP contribution < -0.4 is 0 Å². The first-order chi connectivity index (χ1) is 11.6. The molecule has 2 aliphatic rings. The van der Waals surface area contributed by atoms with E-state index in [0.29, 0.717) is 18.4 Å². The van der Waals surface area contributed by atoms with Gasteiger partial charge in [-0.3, -0.25) is 9.78 Å². The first-order valence-electron chi connectivity index (χ1n) is 9.19. The van der Waals surface area contributed by atoms with Crippen molar-refractivity contribution in [3.8, 4) is 0 Å². The van der Waals surface area contributed by atoms with Gasteiger partial charge in [-0.1, -0.05) is 19.9 Å². The van der Waals surface area contributed by atoms with Gasteiger partial charge in [0.15, 0.2) is 0 Å². The lowest BCUT2D eigenvalue weighted by Crippen LogP contribution is -2.44. The molecule has 132 valence electrons. The van der Waals surface area contributed by atoms with E-state index in [-0.39, 0.29) is 12.5 Å². The van der Waals surface area contributed by atoms with Crippen LogP contribution in [0.1, 0.15) is 49.6 Å². The van der Waals surface area contributed by atoms with Crippen molar-refractivity contribution >= 4 is 5.91 Å². The number of carbonyl (C=O) groups is 1. The molecular formula is C19H29N3O2. The minimum absolute atomic E-state index is 0.143. The van der Waals surface area contributed by atoms with Gasteiger partial charge >= 0.3 is 0 Å². The molecule has 0 atom stereocenters. The molecule has 24 heavy (non-hydrogen) atoms. The molecule has 1 fully saturated rings. The zero-order chi connectivity index (χ0) is 17.1. The lowest BCUT2D eigenvalue weighted by molar-refractivity contribution is -0.138. The van der Waals surface area contributed by atoms with Gasteiger partial charge in [0.05, 0.1) is 6.61 Å². The topological polar surface area (TPSA) is 56.7 Å². The first-order valence-corrected chi connectivity index (χ1v) is 9.19. The van der Waals surface area contributed by atoms with Gasteiger partial charge in [-0.2, -0.15) is 0 Å². The Morgan fingerprint density at radius 2 is 2.04 bits per heavy atom. The van der Waals surface area contributed by atoms with Gasteiger partial charge in [-0.25, -0.2) is 0 Å². The van der Waals surface area contributed by atoms with Gasteiger partial charge in [0, 0.05) is 43.4 Å². The van der Waals surface area contributed by atoms with Crippen LogP contribution in [-0.2, 0) is 17.8 Å². The number of rotatable bonds is 4. The highest BCUT2D eigenvalue weighted by atomic mass is 16.3. The molecule has 3 heterocycles. The Hall–Kier alpha value is -1.46. The molecule has 0 bridgehead atoms. The number of piperidine rings is 1. The lowest BCUT2D eigenvalue weighted by atomic mass is 9.93. The normalized spacial score (nSPS) is 19.6. The van der Waals surface area contributed by atoms with Crippen molar-refractivity contribution in [3.63, 3.8) is 0 Å². The predicted octanol–water partition coefficient (Wildman–Crippen LogP) is 1.79. The van der Waals surface area contributed by atoms with E-state index >= 15 is 0 Å². The van der Waals surface area contributed by atoms with E-state index in [1.807, 2.05) is 4.90 Å². The Kier molecular flexibility index (Phi) is 5.51. The third-order valence-corrected chi connectivity index (χ3v) is 5.33. The molecule has 5 heteroatoms. The number of hydrogen-bond donors (Lipinski definition) is 1. The summed E-state index contributed by atoms with van der Waals surface area (Å²) in [6.45, 7) is 8.58. The molecule has 0 spiro atoms. The van der Waals surface area contributed by atoms with E-state index in [2.05, 4.69) is 30.9 Å². The maximum atomic E-state index is 12.8. The number of hydrogen-bond acceptors (Lipinski definition) is 4. The van der Waals surface area contributed by atoms with Crippen LogP contribution in [0.2, 0.25) is 0 Å². The Bertz CT molecular complexity index is 580. The van der Waals surface area contributed by atoms with Gasteiger partial charge in [-0.15, -0.1) is 0 Å². The molecule has 2 aliphatic heterocycles. The summed E-state index contributed by atoms with van der Waals surface area (Å²) in [5, 5.41) is 9.02. The van der Waals surface area contributed by atoms with E-state index in [0.717, 1.165) is 51.1 Å². The summed E-state index contributed by atoms with van der Waals surface area (Å²) in [6, 6.07) is 4.26. The fourth-order valence-corrected chi connectivity index (χ4v) is 3.75. The summed E-state index contributed by atoms with van der Waals surface area (Å²) in [5.41, 5.74) is 3.52. The Morgan fingerprint density at radius 1 is 1.29 bits per heavy atom. The number of pyridine rings is 1. The summed E-state index contributed by atoms with van der Waals surface area (Å²) < 4.78 is 0. The van der Waals surface area contributed by atoms with Crippen LogP contribution in [0.5, 0.6) is 0 Å². The summed E-state index contributed by atoms with van der Waals surface area (Å²) in [7, 11) is 0. The third kappa shape index (κ3) is 3.78. The summed E-state index contributed by atoms with van der Waals surface area (Å²) in [6.07, 6.45) is 2.68. The highest BCUT2D eigenvalue weighted by Crippen LogP contribution is 2.25. The largest absolute Gasteiger partial charge is 0.395 e. The van der Waals surface area contributed by atoms with Gasteiger partial charge in [-0.05, 0) is 43.5 Å². The molecule has 0 unspecified atom stereocenters. The smallest absolute Gasteiger partial charge is 0.226 e. The number of carbonyl (C=O) groups excluding carboxylic acids is 1. The highest BCUT2D eigenvalue weighted by molar-refractivity contribution is 5.79. The van der Waals surface area contributed by atoms with Crippen LogP contribution in [0.4, 0.5) is 0 Å². The van der Waals surface area contributed by atoms with E-state index in [9.17, 15) is 4.79 Å². The van der Waals surface area contributed by atoms with Gasteiger partial charge < -0.3 is 14.9 Å². The van der Waals surface area contributed by atoms with Crippen molar-refractivity contribution in [2.75, 3.05) is 32.8 Å². The molecule has 1 aromatic heterocycles. The van der Waals surface area contributed by atoms with Crippen LogP contribution in [0.15, 0.2) is 12.1 Å². The molecule has 1 N–H and O–H groups in total. The second-order valence-electron chi connectivity index (χ2n) is 7.35. The number of aliphatic hydroxyl groups is 1. The molecule has 0 saturated carbocycles. The Balaban J connectivity index is 1.60. The molecule has 1 amide bonds. The summed E-state index contributed by atoms with van der Waals surface area (Å²) in [5.74, 6) is 0.890. The zero-order valence-corrected chi connectivity index (χ0v) is 14.9. The van der Waals surface area contributed by atoms with Crippen molar-refractivity contribution in [1.29, 1.82) is 0 Å². The molecule has 1 saturated heterocycles. The molecule has 0 radical (unpaired) electrons. The van der Waals surface area contributed by atoms with Crippen molar-refractivity contribution in [2.24, 2.45) is 5.92 Å². The second-order valence-corrected chi connectivity index (χ2v) is 7.35. The highest BCUT2D eigenvalue weighted by Gasteiger charge is 2.30. The average Bonchev–Trinajstić information content (AvgIpc) is 2.61. The van der Waals surface area contributed by atoms with Gasteiger partial charge in [0.25, 0.3) is 0 Å². The van der Waals surface area contributed by atoms with E-state index in [4.69, 9.17) is 10.1 Å². The standard InChI is InChI=1S/C19H29N3O2/c1-14(2)17-4-3-16-13-22(10-7-18(16)20-17)19(24)15-5-8-21(9-6-15)11-12-23/h3-4,14-15,23H,5-13H2,1-2H3. The van der Waals surface area contributed by atoms with Crippen molar-refractivity contribution in [1.82, 2.24) is 14.8 Å². The maximum Gasteiger partial charge on any atom is 0.226 e. The number of nitrogens with zero attached hydrogens (tertiary/aromatic N) is 3. The van der Waals surface area contributed by atoms with Crippen LogP contribution in [0.3, 0.4) is 0 Å². The number of fused-ring (bicyclic) bond motifs is 1. The number of β-amino-alcohol motifs (C(OH)–C–C–N with tert-alkyl or cyclic N) is 1. The zero-order valence-electron chi connectivity index (χ0n) is 14.9. The number of aliphatic hydroxyl groups excluding tert-OH is 1. The van der Waals surface area contributed by atoms with E-state index in [1.165, 1.54) is 11.3 Å². The maximum absolute atomic E-state index is 12.8. The van der Waals surface area contributed by atoms with Gasteiger partial charge in [0.1, 0.15) is 0 Å². The Labute approximate surface area is 144 Å². The first kappa shape index (κ1) is 17.4. The summed E-state index contributed by atoms with van der Waals surface area (Å²) >= 11 is 0. The Morgan fingerprint density at radius 3 is 2.71 bits per heavy atom. The molecule has 0 aromatic carbocycles.